The van der Waals surface area contributed by atoms with Gasteiger partial charge in [0.1, 0.15) is 0 Å². The Morgan fingerprint density at radius 2 is 1.87 bits per heavy atom. The number of unbranched alkanes of at least 4 members (excludes halogenated alkanes) is 1. The number of nitrogens with one attached hydrogen (secondary N) is 1. The molecule has 1 aliphatic heterocycles. The Labute approximate surface area is 96.0 Å². The summed E-state index contributed by atoms with van der Waals surface area (Å²) in [5.74, 6) is 2.04. The lowest BCUT2D eigenvalue weighted by molar-refractivity contribution is 0.306. The summed E-state index contributed by atoms with van der Waals surface area (Å²) in [5.41, 5.74) is 0. The van der Waals surface area contributed by atoms with E-state index in [9.17, 15) is 0 Å². The van der Waals surface area contributed by atoms with Crippen LogP contribution in [0, 0.1) is 11.8 Å². The molecule has 0 saturated carbocycles. The zero-order chi connectivity index (χ0) is 10.9. The summed E-state index contributed by atoms with van der Waals surface area (Å²) in [4.78, 5) is 0. The van der Waals surface area contributed by atoms with Crippen molar-refractivity contribution in [2.45, 2.75) is 65.2 Å². The van der Waals surface area contributed by atoms with Crippen molar-refractivity contribution in [3.8, 4) is 0 Å². The molecule has 0 aromatic heterocycles. The van der Waals surface area contributed by atoms with Gasteiger partial charge in [-0.25, -0.2) is 0 Å². The average Bonchev–Trinajstić information content (AvgIpc) is 2.31. The Bertz CT molecular complexity index is 138. The Morgan fingerprint density at radius 1 is 1.13 bits per heavy atom. The lowest BCUT2D eigenvalue weighted by Gasteiger charge is -2.24. The Morgan fingerprint density at radius 3 is 2.47 bits per heavy atom. The van der Waals surface area contributed by atoms with Gasteiger partial charge in [0.25, 0.3) is 0 Å². The average molecular weight is 211 g/mol. The van der Waals surface area contributed by atoms with Crippen molar-refractivity contribution in [3.63, 3.8) is 0 Å². The molecule has 1 saturated heterocycles. The van der Waals surface area contributed by atoms with Gasteiger partial charge in [-0.15, -0.1) is 0 Å². The van der Waals surface area contributed by atoms with Crippen LogP contribution in [0.1, 0.15) is 65.2 Å². The van der Waals surface area contributed by atoms with E-state index >= 15 is 0 Å². The van der Waals surface area contributed by atoms with Crippen LogP contribution in [-0.2, 0) is 0 Å². The molecule has 0 bridgehead atoms. The van der Waals surface area contributed by atoms with E-state index in [0.717, 1.165) is 11.8 Å². The van der Waals surface area contributed by atoms with Crippen molar-refractivity contribution >= 4 is 0 Å². The van der Waals surface area contributed by atoms with Gasteiger partial charge in [0.15, 0.2) is 0 Å². The molecule has 90 valence electrons. The fraction of sp³-hybridized carbons (Fsp3) is 1.00. The highest BCUT2D eigenvalue weighted by Crippen LogP contribution is 2.25. The Balaban J connectivity index is 2.09. The van der Waals surface area contributed by atoms with Crippen molar-refractivity contribution < 1.29 is 0 Å². The molecule has 1 fully saturated rings. The van der Waals surface area contributed by atoms with Gasteiger partial charge in [0.05, 0.1) is 0 Å². The van der Waals surface area contributed by atoms with Gasteiger partial charge in [0.2, 0.25) is 0 Å². The molecule has 1 heteroatoms. The van der Waals surface area contributed by atoms with E-state index in [-0.39, 0.29) is 0 Å². The summed E-state index contributed by atoms with van der Waals surface area (Å²) in [6, 6.07) is 0. The van der Waals surface area contributed by atoms with Gasteiger partial charge in [-0.05, 0) is 37.8 Å². The van der Waals surface area contributed by atoms with E-state index in [1.54, 1.807) is 0 Å². The predicted octanol–water partition coefficient (Wildman–Crippen LogP) is 3.98. The Hall–Kier alpha value is -0.0400. The number of hydrogen-bond acceptors (Lipinski definition) is 1. The van der Waals surface area contributed by atoms with Crippen LogP contribution in [0.25, 0.3) is 0 Å². The normalized spacial score (nSPS) is 20.4. The first-order chi connectivity index (χ1) is 7.36. The monoisotopic (exact) mass is 211 g/mol. The second-order valence-corrected chi connectivity index (χ2v) is 5.19. The lowest BCUT2D eigenvalue weighted by Crippen LogP contribution is -2.27. The van der Waals surface area contributed by atoms with Crippen LogP contribution in [0.5, 0.6) is 0 Å². The largest absolute Gasteiger partial charge is 0.317 e. The number of hydrogen-bond donors (Lipinski definition) is 1. The van der Waals surface area contributed by atoms with Crippen molar-refractivity contribution in [1.29, 1.82) is 0 Å². The van der Waals surface area contributed by atoms with Crippen LogP contribution >= 0.6 is 0 Å². The van der Waals surface area contributed by atoms with Gasteiger partial charge in [-0.3, -0.25) is 0 Å². The molecule has 0 aromatic rings. The molecule has 1 heterocycles. The minimum Gasteiger partial charge on any atom is -0.317 e. The lowest BCUT2D eigenvalue weighted by atomic mass is 9.86. The van der Waals surface area contributed by atoms with Gasteiger partial charge in [-0.2, -0.15) is 0 Å². The standard InChI is InChI=1S/C14H29N/c1-3-5-6-13(4-2)7-8-14-9-11-15-12-10-14/h13-15H,3-12H2,1-2H3. The predicted molar refractivity (Wildman–Crippen MR) is 68.1 cm³/mol. The van der Waals surface area contributed by atoms with E-state index in [1.807, 2.05) is 0 Å². The second-order valence-electron chi connectivity index (χ2n) is 5.19. The molecule has 0 aromatic carbocycles. The van der Waals surface area contributed by atoms with E-state index in [1.165, 1.54) is 64.5 Å². The van der Waals surface area contributed by atoms with Crippen LogP contribution in [0.2, 0.25) is 0 Å². The summed E-state index contributed by atoms with van der Waals surface area (Å²) in [6.07, 6.45) is 11.5. The molecule has 1 rings (SSSR count). The topological polar surface area (TPSA) is 12.0 Å². The van der Waals surface area contributed by atoms with Crippen LogP contribution < -0.4 is 5.32 Å². The summed E-state index contributed by atoms with van der Waals surface area (Å²) in [6.45, 7) is 7.19. The molecular formula is C14H29N. The molecule has 1 nitrogen and oxygen atoms in total. The molecule has 15 heavy (non-hydrogen) atoms. The first-order valence-electron chi connectivity index (χ1n) is 7.07. The van der Waals surface area contributed by atoms with Gasteiger partial charge in [-0.1, -0.05) is 52.4 Å². The highest BCUT2D eigenvalue weighted by molar-refractivity contribution is 4.70. The molecule has 0 radical (unpaired) electrons. The van der Waals surface area contributed by atoms with Crippen molar-refractivity contribution in [1.82, 2.24) is 5.32 Å². The van der Waals surface area contributed by atoms with Crippen LogP contribution in [-0.4, -0.2) is 13.1 Å². The first kappa shape index (κ1) is 13.0. The molecule has 0 amide bonds. The highest BCUT2D eigenvalue weighted by atomic mass is 14.9. The SMILES string of the molecule is CCCCC(CC)CCC1CCNCC1. The smallest absolute Gasteiger partial charge is 0.00463 e. The zero-order valence-corrected chi connectivity index (χ0v) is 10.7. The molecular weight excluding hydrogens is 182 g/mol. The minimum absolute atomic E-state index is 1.01. The second kappa shape index (κ2) is 8.15. The molecule has 1 unspecified atom stereocenters. The summed E-state index contributed by atoms with van der Waals surface area (Å²) < 4.78 is 0. The molecule has 0 spiro atoms. The van der Waals surface area contributed by atoms with Crippen LogP contribution in [0.3, 0.4) is 0 Å². The summed E-state index contributed by atoms with van der Waals surface area (Å²) in [5, 5.41) is 3.45. The fourth-order valence-corrected chi connectivity index (χ4v) is 2.69. The molecule has 1 aliphatic rings. The van der Waals surface area contributed by atoms with Gasteiger partial charge in [0, 0.05) is 0 Å². The fourth-order valence-electron chi connectivity index (χ4n) is 2.69. The number of rotatable bonds is 7. The zero-order valence-electron chi connectivity index (χ0n) is 10.7. The number of piperidine rings is 1. The van der Waals surface area contributed by atoms with Gasteiger partial charge >= 0.3 is 0 Å². The molecule has 1 N–H and O–H groups in total. The summed E-state index contributed by atoms with van der Waals surface area (Å²) in [7, 11) is 0. The van der Waals surface area contributed by atoms with Gasteiger partial charge < -0.3 is 5.32 Å². The molecule has 1 atom stereocenters. The van der Waals surface area contributed by atoms with Crippen molar-refractivity contribution in [2.24, 2.45) is 11.8 Å². The van der Waals surface area contributed by atoms with Crippen molar-refractivity contribution in [3.05, 3.63) is 0 Å². The third kappa shape index (κ3) is 5.55. The van der Waals surface area contributed by atoms with Crippen molar-refractivity contribution in [2.75, 3.05) is 13.1 Å². The third-order valence-electron chi connectivity index (χ3n) is 3.99. The molecule has 0 aliphatic carbocycles. The quantitative estimate of drug-likeness (QED) is 0.671. The van der Waals surface area contributed by atoms with Crippen LogP contribution in [0.4, 0.5) is 0 Å². The minimum atomic E-state index is 1.01. The first-order valence-corrected chi connectivity index (χ1v) is 7.07. The maximum Gasteiger partial charge on any atom is -0.00463 e. The van der Waals surface area contributed by atoms with E-state index in [4.69, 9.17) is 0 Å². The maximum absolute atomic E-state index is 3.45. The van der Waals surface area contributed by atoms with E-state index in [0.29, 0.717) is 0 Å². The Kier molecular flexibility index (Phi) is 7.08. The highest BCUT2D eigenvalue weighted by Gasteiger charge is 2.14. The van der Waals surface area contributed by atoms with Crippen LogP contribution in [0.15, 0.2) is 0 Å². The van der Waals surface area contributed by atoms with E-state index < -0.39 is 0 Å². The maximum atomic E-state index is 3.45. The van der Waals surface area contributed by atoms with E-state index in [2.05, 4.69) is 19.2 Å². The third-order valence-corrected chi connectivity index (χ3v) is 3.99. The summed E-state index contributed by atoms with van der Waals surface area (Å²) >= 11 is 0.